The summed E-state index contributed by atoms with van der Waals surface area (Å²) in [5.41, 5.74) is 5.28. The number of fused-ring (bicyclic) bond motifs is 1. The highest BCUT2D eigenvalue weighted by molar-refractivity contribution is 7.80. The molecule has 0 unspecified atom stereocenters. The lowest BCUT2D eigenvalue weighted by atomic mass is 10.2. The third-order valence-corrected chi connectivity index (χ3v) is 3.50. The number of nitrogens with one attached hydrogen (secondary N) is 2. The van der Waals surface area contributed by atoms with Crippen LogP contribution in [0.25, 0.3) is 10.9 Å². The van der Waals surface area contributed by atoms with Gasteiger partial charge in [-0.2, -0.15) is 5.10 Å². The second kappa shape index (κ2) is 7.52. The zero-order chi connectivity index (χ0) is 16.8. The molecule has 0 saturated carbocycles. The van der Waals surface area contributed by atoms with Crippen LogP contribution in [0.1, 0.15) is 5.69 Å². The van der Waals surface area contributed by atoms with Gasteiger partial charge in [-0.25, -0.2) is 4.98 Å². The highest BCUT2D eigenvalue weighted by atomic mass is 32.1. The lowest BCUT2D eigenvalue weighted by Gasteiger charge is -2.08. The fourth-order valence-corrected chi connectivity index (χ4v) is 2.34. The second-order valence-corrected chi connectivity index (χ2v) is 5.39. The van der Waals surface area contributed by atoms with Crippen LogP contribution in [-0.4, -0.2) is 23.4 Å². The SMILES string of the molecule is COc1cccc(NC(=S)N/N=C/c2ccc3ccccc3n2)c1. The fraction of sp³-hybridized carbons (Fsp3) is 0.0556. The molecule has 1 aromatic heterocycles. The zero-order valence-corrected chi connectivity index (χ0v) is 13.9. The molecule has 24 heavy (non-hydrogen) atoms. The van der Waals surface area contributed by atoms with Crippen LogP contribution >= 0.6 is 12.2 Å². The molecule has 2 aromatic carbocycles. The number of rotatable bonds is 4. The standard InChI is InChI=1S/C18H16N4OS/c1-23-16-7-4-6-14(11-16)21-18(24)22-19-12-15-10-9-13-5-2-3-8-17(13)20-15/h2-12H,1H3,(H2,21,22,24)/b19-12+. The molecule has 0 atom stereocenters. The fourth-order valence-electron chi connectivity index (χ4n) is 2.17. The van der Waals surface area contributed by atoms with Gasteiger partial charge in [0, 0.05) is 17.1 Å². The molecule has 0 bridgehead atoms. The van der Waals surface area contributed by atoms with Crippen molar-refractivity contribution in [2.24, 2.45) is 5.10 Å². The van der Waals surface area contributed by atoms with Gasteiger partial charge in [-0.15, -0.1) is 0 Å². The Morgan fingerprint density at radius 3 is 2.88 bits per heavy atom. The Morgan fingerprint density at radius 1 is 1.12 bits per heavy atom. The molecule has 2 N–H and O–H groups in total. The molecule has 1 heterocycles. The minimum atomic E-state index is 0.389. The summed E-state index contributed by atoms with van der Waals surface area (Å²) in [6.45, 7) is 0. The number of nitrogens with zero attached hydrogens (tertiary/aromatic N) is 2. The van der Waals surface area contributed by atoms with Crippen molar-refractivity contribution in [1.29, 1.82) is 0 Å². The first kappa shape index (κ1) is 15.9. The van der Waals surface area contributed by atoms with Crippen molar-refractivity contribution in [3.8, 4) is 5.75 Å². The molecule has 5 nitrogen and oxygen atoms in total. The highest BCUT2D eigenvalue weighted by Gasteiger charge is 1.99. The van der Waals surface area contributed by atoms with Crippen LogP contribution in [0.15, 0.2) is 65.8 Å². The van der Waals surface area contributed by atoms with Crippen molar-refractivity contribution in [3.63, 3.8) is 0 Å². The molecule has 0 saturated heterocycles. The van der Waals surface area contributed by atoms with Gasteiger partial charge in [0.25, 0.3) is 0 Å². The van der Waals surface area contributed by atoms with Crippen LogP contribution in [0.4, 0.5) is 5.69 Å². The van der Waals surface area contributed by atoms with E-state index < -0.39 is 0 Å². The number of hydrazone groups is 1. The Labute approximate surface area is 145 Å². The lowest BCUT2D eigenvalue weighted by molar-refractivity contribution is 0.415. The summed E-state index contributed by atoms with van der Waals surface area (Å²) < 4.78 is 5.17. The summed E-state index contributed by atoms with van der Waals surface area (Å²) in [5.74, 6) is 0.756. The number of para-hydroxylation sites is 1. The van der Waals surface area contributed by atoms with Crippen molar-refractivity contribution in [2.45, 2.75) is 0 Å². The number of benzene rings is 2. The molecule has 0 spiro atoms. The van der Waals surface area contributed by atoms with Gasteiger partial charge in [-0.1, -0.05) is 30.3 Å². The quantitative estimate of drug-likeness (QED) is 0.433. The summed E-state index contributed by atoms with van der Waals surface area (Å²) in [6, 6.07) is 19.3. The molecular formula is C18H16N4OS. The van der Waals surface area contributed by atoms with Crippen LogP contribution in [0.3, 0.4) is 0 Å². The van der Waals surface area contributed by atoms with E-state index in [-0.39, 0.29) is 0 Å². The molecule has 0 amide bonds. The van der Waals surface area contributed by atoms with Gasteiger partial charge in [0.05, 0.1) is 24.5 Å². The number of hydrogen-bond acceptors (Lipinski definition) is 4. The van der Waals surface area contributed by atoms with E-state index in [2.05, 4.69) is 20.8 Å². The first-order chi connectivity index (χ1) is 11.7. The van der Waals surface area contributed by atoms with E-state index in [0.29, 0.717) is 5.11 Å². The van der Waals surface area contributed by atoms with E-state index >= 15 is 0 Å². The Balaban J connectivity index is 1.61. The van der Waals surface area contributed by atoms with Gasteiger partial charge in [0.2, 0.25) is 0 Å². The number of anilines is 1. The molecule has 6 heteroatoms. The van der Waals surface area contributed by atoms with Gasteiger partial charge >= 0.3 is 0 Å². The smallest absolute Gasteiger partial charge is 0.191 e. The normalized spacial score (nSPS) is 10.7. The van der Waals surface area contributed by atoms with Gasteiger partial charge in [-0.05, 0) is 36.5 Å². The Hall–Kier alpha value is -2.99. The average Bonchev–Trinajstić information content (AvgIpc) is 2.62. The third kappa shape index (κ3) is 4.05. The van der Waals surface area contributed by atoms with E-state index in [4.69, 9.17) is 17.0 Å². The molecule has 3 aromatic rings. The minimum absolute atomic E-state index is 0.389. The van der Waals surface area contributed by atoms with Crippen molar-refractivity contribution in [3.05, 3.63) is 66.4 Å². The third-order valence-electron chi connectivity index (χ3n) is 3.31. The maximum Gasteiger partial charge on any atom is 0.191 e. The predicted octanol–water partition coefficient (Wildman–Crippen LogP) is 3.56. The summed E-state index contributed by atoms with van der Waals surface area (Å²) in [7, 11) is 1.62. The van der Waals surface area contributed by atoms with Crippen molar-refractivity contribution >= 4 is 40.1 Å². The summed E-state index contributed by atoms with van der Waals surface area (Å²) in [5, 5.41) is 8.64. The molecule has 3 rings (SSSR count). The molecule has 0 aliphatic rings. The van der Waals surface area contributed by atoms with Gasteiger partial charge in [0.1, 0.15) is 5.75 Å². The van der Waals surface area contributed by atoms with E-state index in [1.165, 1.54) is 0 Å². The van der Waals surface area contributed by atoms with Crippen LogP contribution in [0.5, 0.6) is 5.75 Å². The first-order valence-electron chi connectivity index (χ1n) is 7.34. The lowest BCUT2D eigenvalue weighted by Crippen LogP contribution is -2.23. The number of methoxy groups -OCH3 is 1. The largest absolute Gasteiger partial charge is 0.497 e. The molecular weight excluding hydrogens is 320 g/mol. The zero-order valence-electron chi connectivity index (χ0n) is 13.1. The Morgan fingerprint density at radius 2 is 2.00 bits per heavy atom. The maximum atomic E-state index is 5.21. The van der Waals surface area contributed by atoms with Crippen molar-refractivity contribution in [2.75, 3.05) is 12.4 Å². The summed E-state index contributed by atoms with van der Waals surface area (Å²) >= 11 is 5.21. The Bertz CT molecular complexity index is 895. The Kier molecular flexibility index (Phi) is 4.98. The van der Waals surface area contributed by atoms with Gasteiger partial charge in [-0.3, -0.25) is 5.43 Å². The summed E-state index contributed by atoms with van der Waals surface area (Å²) in [6.07, 6.45) is 1.63. The van der Waals surface area contributed by atoms with Crippen molar-refractivity contribution < 1.29 is 4.74 Å². The van der Waals surface area contributed by atoms with E-state index in [1.807, 2.05) is 60.7 Å². The summed E-state index contributed by atoms with van der Waals surface area (Å²) in [4.78, 5) is 4.51. The number of ether oxygens (including phenoxy) is 1. The van der Waals surface area contributed by atoms with Gasteiger partial charge < -0.3 is 10.1 Å². The monoisotopic (exact) mass is 336 g/mol. The topological polar surface area (TPSA) is 58.5 Å². The van der Waals surface area contributed by atoms with E-state index in [0.717, 1.165) is 28.0 Å². The highest BCUT2D eigenvalue weighted by Crippen LogP contribution is 2.16. The number of aromatic nitrogens is 1. The van der Waals surface area contributed by atoms with Crippen LogP contribution < -0.4 is 15.5 Å². The molecule has 0 radical (unpaired) electrons. The predicted molar refractivity (Wildman–Crippen MR) is 102 cm³/mol. The molecule has 0 fully saturated rings. The first-order valence-corrected chi connectivity index (χ1v) is 7.75. The van der Waals surface area contributed by atoms with Crippen LogP contribution in [0, 0.1) is 0 Å². The molecule has 0 aliphatic carbocycles. The molecule has 0 aliphatic heterocycles. The van der Waals surface area contributed by atoms with Crippen LogP contribution in [0.2, 0.25) is 0 Å². The minimum Gasteiger partial charge on any atom is -0.497 e. The van der Waals surface area contributed by atoms with Crippen LogP contribution in [-0.2, 0) is 0 Å². The number of pyridine rings is 1. The number of hydrogen-bond donors (Lipinski definition) is 2. The van der Waals surface area contributed by atoms with Crippen molar-refractivity contribution in [1.82, 2.24) is 10.4 Å². The second-order valence-electron chi connectivity index (χ2n) is 4.98. The maximum absolute atomic E-state index is 5.21. The molecule has 120 valence electrons. The van der Waals surface area contributed by atoms with E-state index in [9.17, 15) is 0 Å². The average molecular weight is 336 g/mol. The number of thiocarbonyl (C=S) groups is 1. The van der Waals surface area contributed by atoms with Gasteiger partial charge in [0.15, 0.2) is 5.11 Å². The van der Waals surface area contributed by atoms with E-state index in [1.54, 1.807) is 13.3 Å².